The number of benzene rings is 3. The third kappa shape index (κ3) is 4.45. The van der Waals surface area contributed by atoms with E-state index in [1.807, 2.05) is 55.5 Å². The minimum absolute atomic E-state index is 0.0698. The molecule has 3 aromatic rings. The van der Waals surface area contributed by atoms with E-state index in [-0.39, 0.29) is 17.9 Å². The molecule has 0 saturated heterocycles. The molecule has 5 nitrogen and oxygen atoms in total. The summed E-state index contributed by atoms with van der Waals surface area (Å²) in [6.07, 6.45) is 0.101. The van der Waals surface area contributed by atoms with Crippen LogP contribution >= 0.6 is 0 Å². The number of hydrogen-bond donors (Lipinski definition) is 1. The van der Waals surface area contributed by atoms with Gasteiger partial charge < -0.3 is 15.0 Å². The second-order valence-corrected chi connectivity index (χ2v) is 7.81. The Bertz CT molecular complexity index is 1080. The molecule has 0 fully saturated rings. The van der Waals surface area contributed by atoms with E-state index in [9.17, 15) is 9.59 Å². The van der Waals surface area contributed by atoms with Crippen LogP contribution < -0.4 is 15.0 Å². The summed E-state index contributed by atoms with van der Waals surface area (Å²) in [5.41, 5.74) is 3.52. The number of carbonyl (C=O) groups is 2. The average Bonchev–Trinajstić information content (AvgIpc) is 3.13. The van der Waals surface area contributed by atoms with E-state index in [2.05, 4.69) is 11.4 Å². The lowest BCUT2D eigenvalue weighted by molar-refractivity contribution is -0.124. The number of fused-ring (bicyclic) bond motifs is 1. The Morgan fingerprint density at radius 2 is 1.68 bits per heavy atom. The van der Waals surface area contributed by atoms with Crippen molar-refractivity contribution in [2.24, 2.45) is 0 Å². The number of amides is 2. The average molecular weight is 415 g/mol. The summed E-state index contributed by atoms with van der Waals surface area (Å²) in [5, 5.41) is 2.92. The van der Waals surface area contributed by atoms with Crippen molar-refractivity contribution in [2.75, 3.05) is 4.90 Å². The third-order valence-electron chi connectivity index (χ3n) is 5.52. The molecule has 0 unspecified atom stereocenters. The zero-order valence-corrected chi connectivity index (χ0v) is 17.7. The Balaban J connectivity index is 1.47. The Hall–Kier alpha value is -3.60. The lowest BCUT2D eigenvalue weighted by Gasteiger charge is -2.26. The molecule has 158 valence electrons. The predicted octanol–water partition coefficient (Wildman–Crippen LogP) is 4.36. The van der Waals surface area contributed by atoms with Crippen molar-refractivity contribution >= 4 is 17.5 Å². The summed E-state index contributed by atoms with van der Waals surface area (Å²) in [7, 11) is 0. The van der Waals surface area contributed by atoms with E-state index in [1.165, 1.54) is 0 Å². The Kier molecular flexibility index (Phi) is 6.03. The van der Waals surface area contributed by atoms with E-state index in [4.69, 9.17) is 4.74 Å². The van der Waals surface area contributed by atoms with Gasteiger partial charge in [-0.15, -0.1) is 0 Å². The van der Waals surface area contributed by atoms with Crippen molar-refractivity contribution in [3.05, 3.63) is 95.6 Å². The van der Waals surface area contributed by atoms with Crippen LogP contribution in [-0.4, -0.2) is 24.0 Å². The molecule has 0 aliphatic carbocycles. The molecule has 0 spiro atoms. The molecular formula is C26H26N2O3. The van der Waals surface area contributed by atoms with Crippen LogP contribution in [0, 0.1) is 0 Å². The van der Waals surface area contributed by atoms with Crippen LogP contribution in [0.2, 0.25) is 0 Å². The number of hydrogen-bond acceptors (Lipinski definition) is 3. The van der Waals surface area contributed by atoms with Crippen molar-refractivity contribution in [1.29, 1.82) is 0 Å². The van der Waals surface area contributed by atoms with Gasteiger partial charge in [-0.1, -0.05) is 60.7 Å². The van der Waals surface area contributed by atoms with Gasteiger partial charge in [-0.2, -0.15) is 0 Å². The fourth-order valence-electron chi connectivity index (χ4n) is 3.97. The van der Waals surface area contributed by atoms with Gasteiger partial charge in [0, 0.05) is 18.3 Å². The zero-order valence-electron chi connectivity index (χ0n) is 17.7. The number of rotatable bonds is 6. The molecule has 31 heavy (non-hydrogen) atoms. The molecule has 1 heterocycles. The second-order valence-electron chi connectivity index (χ2n) is 7.81. The van der Waals surface area contributed by atoms with Crippen molar-refractivity contribution < 1.29 is 14.3 Å². The van der Waals surface area contributed by atoms with Gasteiger partial charge in [0.15, 0.2) is 6.10 Å². The van der Waals surface area contributed by atoms with Crippen LogP contribution in [0.25, 0.3) is 0 Å². The number of nitrogens with one attached hydrogen (secondary N) is 1. The smallest absolute Gasteiger partial charge is 0.268 e. The molecule has 1 aliphatic heterocycles. The normalized spacial score (nSPS) is 15.8. The molecule has 1 aliphatic rings. The van der Waals surface area contributed by atoms with Gasteiger partial charge in [-0.3, -0.25) is 9.59 Å². The molecule has 0 radical (unpaired) electrons. The molecular weight excluding hydrogens is 388 g/mol. The molecule has 0 saturated carbocycles. The zero-order chi connectivity index (χ0) is 21.8. The van der Waals surface area contributed by atoms with E-state index >= 15 is 0 Å². The van der Waals surface area contributed by atoms with Gasteiger partial charge in [0.1, 0.15) is 5.75 Å². The summed E-state index contributed by atoms with van der Waals surface area (Å²) < 4.78 is 6.00. The fourth-order valence-corrected chi connectivity index (χ4v) is 3.97. The van der Waals surface area contributed by atoms with Gasteiger partial charge >= 0.3 is 0 Å². The highest BCUT2D eigenvalue weighted by Crippen LogP contribution is 2.33. The van der Waals surface area contributed by atoms with Crippen LogP contribution in [-0.2, 0) is 17.8 Å². The highest BCUT2D eigenvalue weighted by atomic mass is 16.5. The minimum Gasteiger partial charge on any atom is -0.480 e. The van der Waals surface area contributed by atoms with Crippen LogP contribution in [0.5, 0.6) is 5.75 Å². The maximum Gasteiger partial charge on any atom is 0.268 e. The molecule has 2 amide bonds. The maximum absolute atomic E-state index is 13.2. The SMILES string of the molecule is C[C@@H]1Cc2ccccc2N1C(=O)[C@@H](C)Oc1ccccc1C(=O)NCc1ccccc1. The van der Waals surface area contributed by atoms with E-state index in [0.29, 0.717) is 17.9 Å². The lowest BCUT2D eigenvalue weighted by Crippen LogP contribution is -2.43. The molecule has 3 aromatic carbocycles. The summed E-state index contributed by atoms with van der Waals surface area (Å²) in [5.74, 6) is 0.0463. The van der Waals surface area contributed by atoms with Crippen LogP contribution in [0.1, 0.15) is 35.3 Å². The standard InChI is InChI=1S/C26H26N2O3/c1-18-16-21-12-6-8-14-23(21)28(18)26(30)19(2)31-24-15-9-7-13-22(24)25(29)27-17-20-10-4-3-5-11-20/h3-15,18-19H,16-17H2,1-2H3,(H,27,29)/t18-,19-/m1/s1. The minimum atomic E-state index is -0.725. The van der Waals surface area contributed by atoms with E-state index < -0.39 is 6.10 Å². The number of para-hydroxylation sites is 2. The topological polar surface area (TPSA) is 58.6 Å². The Morgan fingerprint density at radius 1 is 1.00 bits per heavy atom. The third-order valence-corrected chi connectivity index (χ3v) is 5.52. The van der Waals surface area contributed by atoms with Gasteiger partial charge in [0.2, 0.25) is 0 Å². The molecule has 2 atom stereocenters. The largest absolute Gasteiger partial charge is 0.480 e. The highest BCUT2D eigenvalue weighted by molar-refractivity contribution is 6.00. The van der Waals surface area contributed by atoms with Crippen molar-refractivity contribution in [1.82, 2.24) is 5.32 Å². The summed E-state index contributed by atoms with van der Waals surface area (Å²) >= 11 is 0. The van der Waals surface area contributed by atoms with Crippen molar-refractivity contribution in [3.63, 3.8) is 0 Å². The fraction of sp³-hybridized carbons (Fsp3) is 0.231. The molecule has 5 heteroatoms. The van der Waals surface area contributed by atoms with Gasteiger partial charge in [-0.05, 0) is 49.6 Å². The van der Waals surface area contributed by atoms with Crippen LogP contribution in [0.15, 0.2) is 78.9 Å². The molecule has 1 N–H and O–H groups in total. The van der Waals surface area contributed by atoms with E-state index in [1.54, 1.807) is 36.1 Å². The summed E-state index contributed by atoms with van der Waals surface area (Å²) in [6.45, 7) is 4.19. The Morgan fingerprint density at radius 3 is 2.48 bits per heavy atom. The summed E-state index contributed by atoms with van der Waals surface area (Å²) in [4.78, 5) is 27.8. The predicted molar refractivity (Wildman–Crippen MR) is 121 cm³/mol. The van der Waals surface area contributed by atoms with Gasteiger partial charge in [0.05, 0.1) is 5.56 Å². The first-order chi connectivity index (χ1) is 15.0. The monoisotopic (exact) mass is 414 g/mol. The lowest BCUT2D eigenvalue weighted by atomic mass is 10.1. The quantitative estimate of drug-likeness (QED) is 0.652. The molecule has 4 rings (SSSR count). The number of ether oxygens (including phenoxy) is 1. The van der Waals surface area contributed by atoms with Crippen LogP contribution in [0.4, 0.5) is 5.69 Å². The van der Waals surface area contributed by atoms with Gasteiger partial charge in [0.25, 0.3) is 11.8 Å². The van der Waals surface area contributed by atoms with Crippen molar-refractivity contribution in [3.8, 4) is 5.75 Å². The first-order valence-electron chi connectivity index (χ1n) is 10.5. The first-order valence-corrected chi connectivity index (χ1v) is 10.5. The number of anilines is 1. The molecule has 0 bridgehead atoms. The summed E-state index contributed by atoms with van der Waals surface area (Å²) in [6, 6.07) is 24.8. The highest BCUT2D eigenvalue weighted by Gasteiger charge is 2.34. The van der Waals surface area contributed by atoms with E-state index in [0.717, 1.165) is 23.2 Å². The number of nitrogens with zero attached hydrogens (tertiary/aromatic N) is 1. The van der Waals surface area contributed by atoms with Crippen LogP contribution in [0.3, 0.4) is 0 Å². The van der Waals surface area contributed by atoms with Crippen molar-refractivity contribution in [2.45, 2.75) is 39.0 Å². The second kappa shape index (κ2) is 9.04. The maximum atomic E-state index is 13.2. The first kappa shape index (κ1) is 20.7. The van der Waals surface area contributed by atoms with Gasteiger partial charge in [-0.25, -0.2) is 0 Å². The Labute approximate surface area is 182 Å². The number of carbonyl (C=O) groups excluding carboxylic acids is 2. The molecule has 0 aromatic heterocycles.